The van der Waals surface area contributed by atoms with Crippen molar-refractivity contribution >= 4 is 35.6 Å². The van der Waals surface area contributed by atoms with Gasteiger partial charge in [-0.25, -0.2) is 4.79 Å². The molecule has 38 heavy (non-hydrogen) atoms. The van der Waals surface area contributed by atoms with E-state index in [0.29, 0.717) is 12.0 Å². The maximum atomic E-state index is 13.2. The Labute approximate surface area is 219 Å². The Kier molecular flexibility index (Phi) is 12.7. The first kappa shape index (κ1) is 31.8. The van der Waals surface area contributed by atoms with Crippen LogP contribution in [-0.4, -0.2) is 75.1 Å². The Morgan fingerprint density at radius 1 is 0.842 bits per heavy atom. The highest BCUT2D eigenvalue weighted by Gasteiger charge is 2.31. The average Bonchev–Trinajstić information content (AvgIpc) is 2.80. The molecule has 14 heteroatoms. The van der Waals surface area contributed by atoms with Crippen LogP contribution in [0.5, 0.6) is 5.75 Å². The molecular formula is C24H35N5O9. The van der Waals surface area contributed by atoms with Crippen molar-refractivity contribution in [3.05, 3.63) is 29.8 Å². The summed E-state index contributed by atoms with van der Waals surface area (Å²) in [4.78, 5) is 72.3. The lowest BCUT2D eigenvalue weighted by molar-refractivity contribution is -0.144. The number of primary amides is 1. The normalized spacial score (nSPS) is 14.0. The molecule has 0 saturated carbocycles. The molecule has 0 saturated heterocycles. The molecule has 4 unspecified atom stereocenters. The molecule has 1 aromatic carbocycles. The third-order valence-electron chi connectivity index (χ3n) is 5.37. The number of carbonyl (C=O) groups is 6. The van der Waals surface area contributed by atoms with Gasteiger partial charge in [-0.05, 0) is 36.5 Å². The van der Waals surface area contributed by atoms with Gasteiger partial charge in [0.2, 0.25) is 23.6 Å². The number of aliphatic carboxylic acids is 2. The summed E-state index contributed by atoms with van der Waals surface area (Å²) in [5.74, 6) is -6.32. The summed E-state index contributed by atoms with van der Waals surface area (Å²) in [6, 6.07) is 0.391. The van der Waals surface area contributed by atoms with E-state index in [1.54, 1.807) is 0 Å². The number of amides is 4. The minimum absolute atomic E-state index is 0.0212. The van der Waals surface area contributed by atoms with Gasteiger partial charge >= 0.3 is 11.9 Å². The van der Waals surface area contributed by atoms with Gasteiger partial charge < -0.3 is 42.7 Å². The highest BCUT2D eigenvalue weighted by Crippen LogP contribution is 2.13. The van der Waals surface area contributed by atoms with E-state index in [1.807, 2.05) is 13.8 Å². The molecule has 0 spiro atoms. The Morgan fingerprint density at radius 3 is 1.87 bits per heavy atom. The molecule has 1 aromatic rings. The van der Waals surface area contributed by atoms with Crippen molar-refractivity contribution in [2.45, 2.75) is 70.1 Å². The van der Waals surface area contributed by atoms with Crippen molar-refractivity contribution in [3.63, 3.8) is 0 Å². The zero-order chi connectivity index (χ0) is 29.0. The SMILES string of the molecule is CC(C)CC(N)C(=O)NC(Cc1ccc(O)cc1)C(=O)NC(CCC(=O)O)C(=O)NC(CC(N)=O)C(=O)O. The number of nitrogens with two attached hydrogens (primary N) is 2. The van der Waals surface area contributed by atoms with Crippen LogP contribution in [-0.2, 0) is 35.2 Å². The van der Waals surface area contributed by atoms with Gasteiger partial charge in [0.05, 0.1) is 12.5 Å². The molecule has 0 radical (unpaired) electrons. The first-order valence-electron chi connectivity index (χ1n) is 11.9. The van der Waals surface area contributed by atoms with Gasteiger partial charge in [-0.2, -0.15) is 0 Å². The number of nitrogens with one attached hydrogen (secondary N) is 3. The highest BCUT2D eigenvalue weighted by atomic mass is 16.4. The fourth-order valence-corrected chi connectivity index (χ4v) is 3.45. The number of phenolic OH excluding ortho intramolecular Hbond substituents is 1. The van der Waals surface area contributed by atoms with Crippen LogP contribution in [0, 0.1) is 5.92 Å². The number of carboxylic acid groups (broad SMARTS) is 2. The fourth-order valence-electron chi connectivity index (χ4n) is 3.45. The summed E-state index contributed by atoms with van der Waals surface area (Å²) in [7, 11) is 0. The molecule has 0 aliphatic heterocycles. The number of benzene rings is 1. The van der Waals surface area contributed by atoms with E-state index in [-0.39, 0.29) is 18.1 Å². The number of rotatable bonds is 16. The number of carboxylic acids is 2. The lowest BCUT2D eigenvalue weighted by atomic mass is 10.0. The monoisotopic (exact) mass is 537 g/mol. The van der Waals surface area contributed by atoms with Crippen molar-refractivity contribution in [3.8, 4) is 5.75 Å². The summed E-state index contributed by atoms with van der Waals surface area (Å²) in [6.45, 7) is 3.73. The van der Waals surface area contributed by atoms with Crippen molar-refractivity contribution in [2.24, 2.45) is 17.4 Å². The molecule has 0 fully saturated rings. The molecular weight excluding hydrogens is 502 g/mol. The Bertz CT molecular complexity index is 1010. The molecule has 10 N–H and O–H groups in total. The number of carbonyl (C=O) groups excluding carboxylic acids is 4. The number of hydrogen-bond acceptors (Lipinski definition) is 8. The fraction of sp³-hybridized carbons (Fsp3) is 0.500. The van der Waals surface area contributed by atoms with Crippen LogP contribution in [0.15, 0.2) is 24.3 Å². The topological polar surface area (TPSA) is 251 Å². The Morgan fingerprint density at radius 2 is 1.37 bits per heavy atom. The van der Waals surface area contributed by atoms with E-state index in [2.05, 4.69) is 16.0 Å². The third-order valence-corrected chi connectivity index (χ3v) is 5.37. The molecule has 0 aliphatic rings. The largest absolute Gasteiger partial charge is 0.508 e. The lowest BCUT2D eigenvalue weighted by Crippen LogP contribution is -2.58. The first-order valence-corrected chi connectivity index (χ1v) is 11.9. The predicted octanol–water partition coefficient (Wildman–Crippen LogP) is -1.41. The van der Waals surface area contributed by atoms with Crippen molar-refractivity contribution in [2.75, 3.05) is 0 Å². The molecule has 210 valence electrons. The first-order chi connectivity index (χ1) is 17.7. The molecule has 14 nitrogen and oxygen atoms in total. The van der Waals surface area contributed by atoms with E-state index < -0.39 is 79.0 Å². The van der Waals surface area contributed by atoms with Crippen LogP contribution < -0.4 is 27.4 Å². The van der Waals surface area contributed by atoms with Crippen LogP contribution in [0.4, 0.5) is 0 Å². The minimum atomic E-state index is -1.70. The maximum Gasteiger partial charge on any atom is 0.326 e. The third kappa shape index (κ3) is 11.7. The minimum Gasteiger partial charge on any atom is -0.508 e. The summed E-state index contributed by atoms with van der Waals surface area (Å²) in [5, 5.41) is 34.8. The van der Waals surface area contributed by atoms with Crippen LogP contribution in [0.1, 0.15) is 45.1 Å². The zero-order valence-electron chi connectivity index (χ0n) is 21.2. The second-order valence-corrected chi connectivity index (χ2v) is 9.23. The quantitative estimate of drug-likeness (QED) is 0.122. The molecule has 1 rings (SSSR count). The van der Waals surface area contributed by atoms with Crippen molar-refractivity contribution in [1.82, 2.24) is 16.0 Å². The maximum absolute atomic E-state index is 13.2. The van der Waals surface area contributed by atoms with Gasteiger partial charge in [-0.15, -0.1) is 0 Å². The van der Waals surface area contributed by atoms with Crippen LogP contribution in [0.2, 0.25) is 0 Å². The molecule has 0 heterocycles. The molecule has 4 atom stereocenters. The second kappa shape index (κ2) is 15.1. The van der Waals surface area contributed by atoms with E-state index in [0.717, 1.165) is 0 Å². The van der Waals surface area contributed by atoms with Gasteiger partial charge in [0.25, 0.3) is 0 Å². The smallest absolute Gasteiger partial charge is 0.326 e. The predicted molar refractivity (Wildman–Crippen MR) is 133 cm³/mol. The molecule has 0 aromatic heterocycles. The highest BCUT2D eigenvalue weighted by molar-refractivity contribution is 5.95. The molecule has 0 aliphatic carbocycles. The van der Waals surface area contributed by atoms with Gasteiger partial charge in [0, 0.05) is 12.8 Å². The summed E-state index contributed by atoms with van der Waals surface area (Å²) < 4.78 is 0. The van der Waals surface area contributed by atoms with Gasteiger partial charge in [0.1, 0.15) is 23.9 Å². The standard InChI is InChI=1S/C24H35N5O9/c1-12(2)9-15(25)21(34)28-17(10-13-3-5-14(30)6-4-13)23(36)27-16(7-8-20(32)33)22(35)29-18(24(37)38)11-19(26)31/h3-6,12,15-18,30H,7-11,25H2,1-2H3,(H2,26,31)(H,27,36)(H,28,34)(H,29,35)(H,32,33)(H,37,38). The average molecular weight is 538 g/mol. The van der Waals surface area contributed by atoms with Gasteiger partial charge in [-0.1, -0.05) is 26.0 Å². The van der Waals surface area contributed by atoms with Crippen molar-refractivity contribution in [1.29, 1.82) is 0 Å². The molecule has 4 amide bonds. The van der Waals surface area contributed by atoms with E-state index >= 15 is 0 Å². The van der Waals surface area contributed by atoms with Gasteiger partial charge in [0.15, 0.2) is 0 Å². The van der Waals surface area contributed by atoms with Gasteiger partial charge in [-0.3, -0.25) is 24.0 Å². The number of phenols is 1. The zero-order valence-corrected chi connectivity index (χ0v) is 21.2. The summed E-state index contributed by atoms with van der Waals surface area (Å²) >= 11 is 0. The van der Waals surface area contributed by atoms with Crippen LogP contribution in [0.25, 0.3) is 0 Å². The number of hydrogen-bond donors (Lipinski definition) is 8. The summed E-state index contributed by atoms with van der Waals surface area (Å²) in [6.07, 6.45) is -1.44. The van der Waals surface area contributed by atoms with E-state index in [9.17, 15) is 39.0 Å². The second-order valence-electron chi connectivity index (χ2n) is 9.23. The van der Waals surface area contributed by atoms with Crippen molar-refractivity contribution < 1.29 is 44.1 Å². The lowest BCUT2D eigenvalue weighted by Gasteiger charge is -2.25. The Hall–Kier alpha value is -4.20. The summed E-state index contributed by atoms with van der Waals surface area (Å²) in [5.41, 5.74) is 11.5. The van der Waals surface area contributed by atoms with Crippen LogP contribution in [0.3, 0.4) is 0 Å². The molecule has 0 bridgehead atoms. The number of aromatic hydroxyl groups is 1. The van der Waals surface area contributed by atoms with E-state index in [4.69, 9.17) is 16.6 Å². The van der Waals surface area contributed by atoms with E-state index in [1.165, 1.54) is 24.3 Å². The van der Waals surface area contributed by atoms with Crippen LogP contribution >= 0.6 is 0 Å². The Balaban J connectivity index is 3.18.